The highest BCUT2D eigenvalue weighted by Crippen LogP contribution is 2.25. The van der Waals surface area contributed by atoms with E-state index in [0.29, 0.717) is 34.4 Å². The number of nitrogens with one attached hydrogen (secondary N) is 1. The first-order chi connectivity index (χ1) is 13.9. The fourth-order valence-electron chi connectivity index (χ4n) is 2.72. The Morgan fingerprint density at radius 3 is 2.52 bits per heavy atom. The van der Waals surface area contributed by atoms with Crippen LogP contribution in [0.2, 0.25) is 10.0 Å². The van der Waals surface area contributed by atoms with Crippen LogP contribution in [-0.4, -0.2) is 28.3 Å². The number of amides is 1. The molecule has 0 aliphatic carbocycles. The minimum absolute atomic E-state index is 0.0176. The van der Waals surface area contributed by atoms with Crippen molar-refractivity contribution in [3.05, 3.63) is 68.6 Å². The summed E-state index contributed by atoms with van der Waals surface area (Å²) in [5, 5.41) is 8.08. The van der Waals surface area contributed by atoms with E-state index < -0.39 is 18.5 Å². The number of ether oxygens (including phenoxy) is 1. The number of anilines is 1. The monoisotopic (exact) mass is 433 g/mol. The van der Waals surface area contributed by atoms with E-state index in [2.05, 4.69) is 10.4 Å². The van der Waals surface area contributed by atoms with Crippen LogP contribution in [-0.2, 0) is 16.1 Å². The van der Waals surface area contributed by atoms with Gasteiger partial charge in [-0.3, -0.25) is 9.59 Å². The van der Waals surface area contributed by atoms with Crippen LogP contribution in [0.4, 0.5) is 5.69 Å². The van der Waals surface area contributed by atoms with Gasteiger partial charge in [0.25, 0.3) is 11.5 Å². The van der Waals surface area contributed by atoms with Crippen molar-refractivity contribution in [1.29, 1.82) is 0 Å². The lowest BCUT2D eigenvalue weighted by Gasteiger charge is -2.10. The zero-order valence-corrected chi connectivity index (χ0v) is 17.0. The average Bonchev–Trinajstić information content (AvgIpc) is 2.71. The third kappa shape index (κ3) is 4.75. The molecule has 150 valence electrons. The maximum absolute atomic E-state index is 12.6. The SMILES string of the molecule is CCCn1nc(C(=O)OCC(=O)Nc2ccc(Cl)c(Cl)c2)c2ccccc2c1=O. The van der Waals surface area contributed by atoms with Gasteiger partial charge in [-0.25, -0.2) is 9.48 Å². The molecule has 0 atom stereocenters. The molecule has 3 rings (SSSR count). The number of carbonyl (C=O) groups is 2. The van der Waals surface area contributed by atoms with Crippen LogP contribution < -0.4 is 10.9 Å². The number of nitrogens with zero attached hydrogens (tertiary/aromatic N) is 2. The van der Waals surface area contributed by atoms with Crippen LogP contribution in [0.5, 0.6) is 0 Å². The molecule has 0 saturated carbocycles. The first kappa shape index (κ1) is 20.8. The number of benzene rings is 2. The number of aromatic nitrogens is 2. The van der Waals surface area contributed by atoms with E-state index in [9.17, 15) is 14.4 Å². The van der Waals surface area contributed by atoms with Gasteiger partial charge in [0.1, 0.15) is 0 Å². The molecule has 1 aromatic heterocycles. The van der Waals surface area contributed by atoms with E-state index in [1.54, 1.807) is 36.4 Å². The van der Waals surface area contributed by atoms with Crippen molar-refractivity contribution in [3.63, 3.8) is 0 Å². The number of carbonyl (C=O) groups excluding carboxylic acids is 2. The van der Waals surface area contributed by atoms with Crippen LogP contribution in [0.1, 0.15) is 23.8 Å². The molecule has 1 amide bonds. The van der Waals surface area contributed by atoms with E-state index in [4.69, 9.17) is 27.9 Å². The highest BCUT2D eigenvalue weighted by atomic mass is 35.5. The van der Waals surface area contributed by atoms with Crippen molar-refractivity contribution in [2.75, 3.05) is 11.9 Å². The molecule has 1 heterocycles. The van der Waals surface area contributed by atoms with Crippen LogP contribution in [0.15, 0.2) is 47.3 Å². The van der Waals surface area contributed by atoms with Crippen molar-refractivity contribution >= 4 is 51.5 Å². The Balaban J connectivity index is 1.77. The predicted molar refractivity (Wildman–Crippen MR) is 112 cm³/mol. The molecule has 2 aromatic carbocycles. The van der Waals surface area contributed by atoms with Crippen LogP contribution in [0.3, 0.4) is 0 Å². The normalized spacial score (nSPS) is 10.7. The number of hydrogen-bond acceptors (Lipinski definition) is 5. The molecule has 3 aromatic rings. The van der Waals surface area contributed by atoms with Gasteiger partial charge >= 0.3 is 5.97 Å². The summed E-state index contributed by atoms with van der Waals surface area (Å²) in [6.45, 7) is 1.73. The Bertz CT molecular complexity index is 1140. The molecule has 0 aliphatic rings. The van der Waals surface area contributed by atoms with Crippen molar-refractivity contribution in [2.45, 2.75) is 19.9 Å². The summed E-state index contributed by atoms with van der Waals surface area (Å²) in [5.74, 6) is -1.35. The summed E-state index contributed by atoms with van der Waals surface area (Å²) in [7, 11) is 0. The van der Waals surface area contributed by atoms with Gasteiger partial charge in [-0.15, -0.1) is 0 Å². The molecule has 0 fully saturated rings. The number of halogens is 2. The zero-order chi connectivity index (χ0) is 21.0. The summed E-state index contributed by atoms with van der Waals surface area (Å²) in [6, 6.07) is 11.2. The van der Waals surface area contributed by atoms with Gasteiger partial charge in [-0.05, 0) is 30.7 Å². The zero-order valence-electron chi connectivity index (χ0n) is 15.4. The number of hydrogen-bond donors (Lipinski definition) is 1. The summed E-state index contributed by atoms with van der Waals surface area (Å²) in [6.07, 6.45) is 0.672. The molecule has 0 saturated heterocycles. The Hall–Kier alpha value is -2.90. The maximum atomic E-state index is 12.6. The summed E-state index contributed by atoms with van der Waals surface area (Å²) in [4.78, 5) is 37.1. The number of rotatable bonds is 6. The van der Waals surface area contributed by atoms with Crippen molar-refractivity contribution in [3.8, 4) is 0 Å². The molecular formula is C20H17Cl2N3O4. The lowest BCUT2D eigenvalue weighted by Crippen LogP contribution is -2.27. The molecule has 9 heteroatoms. The van der Waals surface area contributed by atoms with Crippen LogP contribution >= 0.6 is 23.2 Å². The minimum atomic E-state index is -0.796. The average molecular weight is 434 g/mol. The smallest absolute Gasteiger partial charge is 0.359 e. The maximum Gasteiger partial charge on any atom is 0.359 e. The molecule has 0 aliphatic heterocycles. The van der Waals surface area contributed by atoms with E-state index in [1.807, 2.05) is 6.92 Å². The number of aryl methyl sites for hydroxylation is 1. The number of fused-ring (bicyclic) bond motifs is 1. The van der Waals surface area contributed by atoms with Gasteiger partial charge in [-0.2, -0.15) is 5.10 Å². The highest BCUT2D eigenvalue weighted by molar-refractivity contribution is 6.42. The van der Waals surface area contributed by atoms with Crippen LogP contribution in [0, 0.1) is 0 Å². The topological polar surface area (TPSA) is 90.3 Å². The second-order valence-electron chi connectivity index (χ2n) is 6.18. The van der Waals surface area contributed by atoms with E-state index >= 15 is 0 Å². The summed E-state index contributed by atoms with van der Waals surface area (Å²) < 4.78 is 6.34. The third-order valence-electron chi connectivity index (χ3n) is 4.03. The second-order valence-corrected chi connectivity index (χ2v) is 6.99. The molecule has 0 bridgehead atoms. The summed E-state index contributed by atoms with van der Waals surface area (Å²) >= 11 is 11.7. The third-order valence-corrected chi connectivity index (χ3v) is 4.77. The van der Waals surface area contributed by atoms with Gasteiger partial charge in [0.05, 0.1) is 15.4 Å². The first-order valence-electron chi connectivity index (χ1n) is 8.82. The Morgan fingerprint density at radius 2 is 1.83 bits per heavy atom. The quantitative estimate of drug-likeness (QED) is 0.595. The Labute approximate surface area is 176 Å². The van der Waals surface area contributed by atoms with Crippen molar-refractivity contribution in [1.82, 2.24) is 9.78 Å². The fraction of sp³-hybridized carbons (Fsp3) is 0.200. The van der Waals surface area contributed by atoms with Gasteiger partial charge in [-0.1, -0.05) is 48.3 Å². The fourth-order valence-corrected chi connectivity index (χ4v) is 3.02. The van der Waals surface area contributed by atoms with Crippen molar-refractivity contribution in [2.24, 2.45) is 0 Å². The molecule has 29 heavy (non-hydrogen) atoms. The lowest BCUT2D eigenvalue weighted by atomic mass is 10.1. The van der Waals surface area contributed by atoms with Gasteiger partial charge < -0.3 is 10.1 Å². The van der Waals surface area contributed by atoms with Gasteiger partial charge in [0.2, 0.25) is 0 Å². The Kier molecular flexibility index (Phi) is 6.51. The number of esters is 1. The first-order valence-corrected chi connectivity index (χ1v) is 9.58. The van der Waals surface area contributed by atoms with Crippen molar-refractivity contribution < 1.29 is 14.3 Å². The van der Waals surface area contributed by atoms with E-state index in [0.717, 1.165) is 0 Å². The molecular weight excluding hydrogens is 417 g/mol. The molecule has 1 N–H and O–H groups in total. The second kappa shape index (κ2) is 9.07. The Morgan fingerprint density at radius 1 is 1.10 bits per heavy atom. The molecule has 7 nitrogen and oxygen atoms in total. The van der Waals surface area contributed by atoms with Crippen LogP contribution in [0.25, 0.3) is 10.8 Å². The summed E-state index contributed by atoms with van der Waals surface area (Å²) in [5.41, 5.74) is 0.118. The minimum Gasteiger partial charge on any atom is -0.451 e. The van der Waals surface area contributed by atoms with E-state index in [-0.39, 0.29) is 16.3 Å². The largest absolute Gasteiger partial charge is 0.451 e. The lowest BCUT2D eigenvalue weighted by molar-refractivity contribution is -0.119. The van der Waals surface area contributed by atoms with E-state index in [1.165, 1.54) is 10.7 Å². The van der Waals surface area contributed by atoms with Gasteiger partial charge in [0, 0.05) is 17.6 Å². The highest BCUT2D eigenvalue weighted by Gasteiger charge is 2.19. The molecule has 0 radical (unpaired) electrons. The standard InChI is InChI=1S/C20H17Cl2N3O4/c1-2-9-25-19(27)14-6-4-3-5-13(14)18(24-25)20(28)29-11-17(26)23-12-7-8-15(21)16(22)10-12/h3-8,10H,2,9,11H2,1H3,(H,23,26). The van der Waals surface area contributed by atoms with Gasteiger partial charge in [0.15, 0.2) is 12.3 Å². The molecule has 0 spiro atoms. The predicted octanol–water partition coefficient (Wildman–Crippen LogP) is 3.91. The molecule has 0 unspecified atom stereocenters.